The molecule has 0 bridgehead atoms. The Morgan fingerprint density at radius 1 is 1.08 bits per heavy atom. The maximum Gasteiger partial charge on any atom is 0.352 e. The predicted molar refractivity (Wildman–Crippen MR) is 181 cm³/mol. The van der Waals surface area contributed by atoms with Crippen LogP contribution < -0.4 is 21.9 Å². The largest absolute Gasteiger partial charge is 0.508 e. The van der Waals surface area contributed by atoms with Gasteiger partial charge in [0.25, 0.3) is 23.3 Å². The van der Waals surface area contributed by atoms with Gasteiger partial charge >= 0.3 is 11.9 Å². The van der Waals surface area contributed by atoms with E-state index in [1.807, 2.05) is 0 Å². The highest BCUT2D eigenvalue weighted by atomic mass is 32.2. The Morgan fingerprint density at radius 3 is 2.39 bits per heavy atom. The fraction of sp³-hybridized carbons (Fsp3) is 0.273. The van der Waals surface area contributed by atoms with Crippen LogP contribution in [-0.4, -0.2) is 96.3 Å². The minimum absolute atomic E-state index is 0.0360. The number of nitrogens with zero attached hydrogens (tertiary/aromatic N) is 2. The van der Waals surface area contributed by atoms with Gasteiger partial charge in [0.15, 0.2) is 0 Å². The summed E-state index contributed by atoms with van der Waals surface area (Å²) in [5.74, 6) is -6.57. The molecule has 0 spiro atoms. The molecular formula is C33H32N6O11S. The smallest absolute Gasteiger partial charge is 0.352 e. The number of ether oxygens (including phenoxy) is 1. The predicted octanol–water partition coefficient (Wildman–Crippen LogP) is 0.551. The van der Waals surface area contributed by atoms with Crippen molar-refractivity contribution in [1.29, 1.82) is 0 Å². The van der Waals surface area contributed by atoms with Crippen LogP contribution in [0.1, 0.15) is 42.7 Å². The summed E-state index contributed by atoms with van der Waals surface area (Å²) < 4.78 is 4.96. The first-order valence-electron chi connectivity index (χ1n) is 15.3. The van der Waals surface area contributed by atoms with Crippen molar-refractivity contribution in [2.45, 2.75) is 44.3 Å². The molecular weight excluding hydrogens is 688 g/mol. The molecule has 2 aliphatic rings. The van der Waals surface area contributed by atoms with Gasteiger partial charge in [-0.25, -0.2) is 4.79 Å². The summed E-state index contributed by atoms with van der Waals surface area (Å²) in [6.07, 6.45) is 0. The number of aromatic amines is 1. The average Bonchev–Trinajstić information content (AvgIpc) is 3.07. The number of aliphatic carboxylic acids is 1. The molecule has 1 aromatic heterocycles. The van der Waals surface area contributed by atoms with E-state index in [1.54, 1.807) is 0 Å². The summed E-state index contributed by atoms with van der Waals surface area (Å²) in [4.78, 5) is 107. The van der Waals surface area contributed by atoms with Gasteiger partial charge < -0.3 is 36.3 Å². The number of aromatic hydroxyl groups is 1. The van der Waals surface area contributed by atoms with E-state index in [-0.39, 0.29) is 39.2 Å². The van der Waals surface area contributed by atoms with Crippen LogP contribution in [0.5, 0.6) is 5.75 Å². The molecule has 0 radical (unpaired) electrons. The van der Waals surface area contributed by atoms with Crippen LogP contribution in [0.2, 0.25) is 0 Å². The fourth-order valence-electron chi connectivity index (χ4n) is 5.60. The third kappa shape index (κ3) is 7.31. The van der Waals surface area contributed by atoms with Crippen LogP contribution in [0.15, 0.2) is 64.6 Å². The molecule has 266 valence electrons. The van der Waals surface area contributed by atoms with Gasteiger partial charge in [-0.2, -0.15) is 0 Å². The molecule has 0 saturated carbocycles. The summed E-state index contributed by atoms with van der Waals surface area (Å²) in [7, 11) is 0. The molecule has 7 N–H and O–H groups in total. The van der Waals surface area contributed by atoms with Gasteiger partial charge in [-0.1, -0.05) is 12.1 Å². The molecule has 3 heterocycles. The number of benzene rings is 2. The molecule has 5 rings (SSSR count). The highest BCUT2D eigenvalue weighted by Crippen LogP contribution is 2.43. The second kappa shape index (κ2) is 14.5. The third-order valence-corrected chi connectivity index (χ3v) is 9.40. The number of phenolic OH excluding ortho intramolecular Hbond substituents is 1. The van der Waals surface area contributed by atoms with E-state index >= 15 is 0 Å². The summed E-state index contributed by atoms with van der Waals surface area (Å²) in [6, 6.07) is 6.71. The van der Waals surface area contributed by atoms with Crippen molar-refractivity contribution in [2.75, 3.05) is 17.7 Å². The number of β-lactam (4-membered cyclic amide) rings is 1. The number of thioether (sulfide) groups is 1. The van der Waals surface area contributed by atoms with Crippen LogP contribution in [0.4, 0.5) is 5.69 Å². The molecule has 1 fully saturated rings. The zero-order valence-corrected chi connectivity index (χ0v) is 28.1. The van der Waals surface area contributed by atoms with Gasteiger partial charge in [0.2, 0.25) is 11.8 Å². The highest BCUT2D eigenvalue weighted by molar-refractivity contribution is 8.00. The minimum Gasteiger partial charge on any atom is -0.508 e. The molecule has 3 unspecified atom stereocenters. The van der Waals surface area contributed by atoms with Gasteiger partial charge in [-0.05, 0) is 48.9 Å². The number of hydrogen-bond donors (Lipinski definition) is 6. The Labute approximate surface area is 292 Å². The van der Waals surface area contributed by atoms with E-state index in [0.29, 0.717) is 4.90 Å². The summed E-state index contributed by atoms with van der Waals surface area (Å²) in [6.45, 7) is 3.47. The van der Waals surface area contributed by atoms with Crippen LogP contribution in [0.25, 0.3) is 10.9 Å². The standard InChI is InChI=1S/C33H32N6O11S/c1-14(35-15(2)40)27(43)36-20-6-9-23-18(10-20)11-22(28(44)37-23)29(45)38(30(46)24(34)17-4-7-21(42)8-5-17)26-31(47)39-25(33(48)49)19(12-50-16(3)41)13-51-32(26)39/h4-11,14,24,26,32,42H,12-13,34H2,1-3H3,(H,35,40)(H,36,43)(H,37,44)(H,48,49)/t14?,24?,26?,32-/m0/s1. The Balaban J connectivity index is 1.54. The number of pyridine rings is 1. The average molecular weight is 721 g/mol. The second-order valence-corrected chi connectivity index (χ2v) is 12.8. The van der Waals surface area contributed by atoms with Gasteiger partial charge in [0, 0.05) is 41.8 Å². The lowest BCUT2D eigenvalue weighted by Gasteiger charge is -2.52. The number of nitrogens with one attached hydrogen (secondary N) is 3. The van der Waals surface area contributed by atoms with Crippen LogP contribution in [-0.2, 0) is 33.5 Å². The number of nitrogens with two attached hydrogens (primary N) is 1. The number of H-pyrrole nitrogens is 1. The van der Waals surface area contributed by atoms with Crippen LogP contribution in [0, 0.1) is 0 Å². The van der Waals surface area contributed by atoms with Gasteiger partial charge in [0.1, 0.15) is 47.1 Å². The molecule has 4 atom stereocenters. The first kappa shape index (κ1) is 36.3. The van der Waals surface area contributed by atoms with E-state index < -0.39 is 88.4 Å². The van der Waals surface area contributed by atoms with Crippen molar-refractivity contribution >= 4 is 69.8 Å². The molecule has 2 aliphatic heterocycles. The number of amides is 5. The molecule has 1 saturated heterocycles. The fourth-order valence-corrected chi connectivity index (χ4v) is 6.97. The number of imide groups is 1. The number of carbonyl (C=O) groups excluding carboxylic acids is 6. The first-order valence-corrected chi connectivity index (χ1v) is 16.3. The Hall–Kier alpha value is -6.01. The van der Waals surface area contributed by atoms with E-state index in [0.717, 1.165) is 23.6 Å². The number of aromatic nitrogens is 1. The Morgan fingerprint density at radius 2 is 1.76 bits per heavy atom. The Kier molecular flexibility index (Phi) is 10.3. The molecule has 18 heteroatoms. The van der Waals surface area contributed by atoms with E-state index in [1.165, 1.54) is 62.4 Å². The zero-order chi connectivity index (χ0) is 37.3. The normalized spacial score (nSPS) is 17.8. The third-order valence-electron chi connectivity index (χ3n) is 8.08. The van der Waals surface area contributed by atoms with Crippen molar-refractivity contribution in [3.63, 3.8) is 0 Å². The lowest BCUT2D eigenvalue weighted by Crippen LogP contribution is -2.73. The maximum absolute atomic E-state index is 14.3. The van der Waals surface area contributed by atoms with Crippen molar-refractivity contribution in [1.82, 2.24) is 20.1 Å². The SMILES string of the molecule is CC(=O)NC(C)C(=O)Nc1ccc2[nH]c(=O)c(C(=O)N(C(=O)C(N)c3ccc(O)cc3)C3C(=O)N4C(C(=O)O)=C(COC(C)=O)CS[C@@H]34)cc2c1. The van der Waals surface area contributed by atoms with Crippen molar-refractivity contribution in [2.24, 2.45) is 5.73 Å². The minimum atomic E-state index is -1.60. The number of phenols is 1. The molecule has 2 aromatic carbocycles. The number of anilines is 1. The topological polar surface area (TPSA) is 259 Å². The lowest BCUT2D eigenvalue weighted by molar-refractivity contribution is -0.157. The molecule has 51 heavy (non-hydrogen) atoms. The number of carbonyl (C=O) groups is 7. The quantitative estimate of drug-likeness (QED) is 0.124. The number of carboxylic acid groups (broad SMARTS) is 1. The van der Waals surface area contributed by atoms with Gasteiger partial charge in [-0.3, -0.25) is 43.4 Å². The molecule has 5 amide bonds. The number of esters is 1. The van der Waals surface area contributed by atoms with Gasteiger partial charge in [-0.15, -0.1) is 11.8 Å². The number of carboxylic acids is 1. The van der Waals surface area contributed by atoms with E-state index in [4.69, 9.17) is 10.5 Å². The number of fused-ring (bicyclic) bond motifs is 2. The summed E-state index contributed by atoms with van der Waals surface area (Å²) in [5, 5.41) is 24.0. The zero-order valence-electron chi connectivity index (χ0n) is 27.3. The second-order valence-electron chi connectivity index (χ2n) is 11.7. The van der Waals surface area contributed by atoms with Crippen molar-refractivity contribution in [3.8, 4) is 5.75 Å². The number of rotatable bonds is 10. The molecule has 0 aliphatic carbocycles. The highest BCUT2D eigenvalue weighted by Gasteiger charge is 2.59. The van der Waals surface area contributed by atoms with Crippen molar-refractivity contribution in [3.05, 3.63) is 81.3 Å². The monoisotopic (exact) mass is 720 g/mol. The van der Waals surface area contributed by atoms with E-state index in [9.17, 15) is 48.6 Å². The van der Waals surface area contributed by atoms with E-state index in [2.05, 4.69) is 15.6 Å². The lowest BCUT2D eigenvalue weighted by atomic mass is 9.97. The molecule has 3 aromatic rings. The summed E-state index contributed by atoms with van der Waals surface area (Å²) >= 11 is 1.01. The van der Waals surface area contributed by atoms with Crippen LogP contribution in [0.3, 0.4) is 0 Å². The van der Waals surface area contributed by atoms with Gasteiger partial charge in [0.05, 0.1) is 0 Å². The number of hydrogen-bond acceptors (Lipinski definition) is 12. The first-order chi connectivity index (χ1) is 24.1. The Bertz CT molecular complexity index is 2080. The summed E-state index contributed by atoms with van der Waals surface area (Å²) in [5.41, 5.74) is 5.12. The molecule has 17 nitrogen and oxygen atoms in total. The van der Waals surface area contributed by atoms with Crippen LogP contribution >= 0.6 is 11.8 Å². The maximum atomic E-state index is 14.3. The van der Waals surface area contributed by atoms with Crippen molar-refractivity contribution < 1.29 is 48.5 Å².